The van der Waals surface area contributed by atoms with Crippen molar-refractivity contribution in [3.05, 3.63) is 88.5 Å². The molecule has 0 saturated carbocycles. The lowest BCUT2D eigenvalue weighted by molar-refractivity contribution is 0.183. The summed E-state index contributed by atoms with van der Waals surface area (Å²) in [4.78, 5) is 2.52. The van der Waals surface area contributed by atoms with E-state index in [0.717, 1.165) is 43.2 Å². The predicted octanol–water partition coefficient (Wildman–Crippen LogP) is 6.99. The van der Waals surface area contributed by atoms with Gasteiger partial charge in [-0.15, -0.1) is 12.4 Å². The molecule has 0 amide bonds. The standard InChI is InChI=1S/C32H35NO3.ClH/c1-34-25-11-14-27-23(20-25)8-13-29-30-21-26(35-2)12-15-28(30)31(32(27)29)22-6-9-24(10-7-22)36-19-18-33-16-4-3-5-17-33;/h6-7,9-12,14-15,20-21,31H,3-5,8,13,16-19H2,1-2H3;1H. The molecule has 1 aliphatic heterocycles. The van der Waals surface area contributed by atoms with E-state index in [0.29, 0.717) is 0 Å². The average Bonchev–Trinajstić information content (AvgIpc) is 3.27. The molecule has 1 heterocycles. The first kappa shape index (κ1) is 25.7. The molecule has 4 nitrogen and oxygen atoms in total. The van der Waals surface area contributed by atoms with E-state index in [1.54, 1.807) is 14.2 Å². The molecule has 1 saturated heterocycles. The van der Waals surface area contributed by atoms with Gasteiger partial charge in [0.05, 0.1) is 14.2 Å². The molecule has 37 heavy (non-hydrogen) atoms. The van der Waals surface area contributed by atoms with E-state index in [1.807, 2.05) is 0 Å². The van der Waals surface area contributed by atoms with Gasteiger partial charge < -0.3 is 14.2 Å². The molecule has 0 bridgehead atoms. The number of allylic oxidation sites excluding steroid dienone is 2. The minimum Gasteiger partial charge on any atom is -0.497 e. The smallest absolute Gasteiger partial charge is 0.119 e. The Hall–Kier alpha value is -2.95. The minimum absolute atomic E-state index is 0. The van der Waals surface area contributed by atoms with Gasteiger partial charge in [-0.2, -0.15) is 0 Å². The zero-order valence-electron chi connectivity index (χ0n) is 21.8. The van der Waals surface area contributed by atoms with Gasteiger partial charge in [-0.1, -0.05) is 30.7 Å². The largest absolute Gasteiger partial charge is 0.497 e. The van der Waals surface area contributed by atoms with Crippen molar-refractivity contribution < 1.29 is 14.2 Å². The molecule has 0 aromatic heterocycles. The second-order valence-corrected chi connectivity index (χ2v) is 10.1. The van der Waals surface area contributed by atoms with Crippen LogP contribution in [0.5, 0.6) is 17.2 Å². The van der Waals surface area contributed by atoms with Gasteiger partial charge in [0.1, 0.15) is 23.9 Å². The molecule has 6 rings (SSSR count). The topological polar surface area (TPSA) is 30.9 Å². The van der Waals surface area contributed by atoms with E-state index in [2.05, 4.69) is 65.6 Å². The molecular weight excluding hydrogens is 482 g/mol. The third kappa shape index (κ3) is 4.97. The van der Waals surface area contributed by atoms with E-state index in [-0.39, 0.29) is 18.3 Å². The fourth-order valence-corrected chi connectivity index (χ4v) is 6.24. The summed E-state index contributed by atoms with van der Waals surface area (Å²) in [6.07, 6.45) is 6.06. The van der Waals surface area contributed by atoms with Crippen LogP contribution >= 0.6 is 12.4 Å². The number of benzene rings is 3. The van der Waals surface area contributed by atoms with Gasteiger partial charge in [0.15, 0.2) is 0 Å². The summed E-state index contributed by atoms with van der Waals surface area (Å²) in [5.41, 5.74) is 9.60. The highest BCUT2D eigenvalue weighted by Gasteiger charge is 2.36. The summed E-state index contributed by atoms with van der Waals surface area (Å²) < 4.78 is 17.3. The Morgan fingerprint density at radius 1 is 0.757 bits per heavy atom. The summed E-state index contributed by atoms with van der Waals surface area (Å²) in [5, 5.41) is 0. The van der Waals surface area contributed by atoms with Gasteiger partial charge >= 0.3 is 0 Å². The van der Waals surface area contributed by atoms with Crippen LogP contribution in [0.15, 0.2) is 60.7 Å². The molecule has 3 aromatic rings. The molecule has 2 aliphatic carbocycles. The molecule has 3 aromatic carbocycles. The molecule has 194 valence electrons. The van der Waals surface area contributed by atoms with Crippen molar-refractivity contribution in [2.45, 2.75) is 38.0 Å². The molecular formula is C32H36ClNO3. The van der Waals surface area contributed by atoms with Gasteiger partial charge in [0, 0.05) is 12.5 Å². The zero-order valence-corrected chi connectivity index (χ0v) is 22.6. The van der Waals surface area contributed by atoms with Gasteiger partial charge in [-0.3, -0.25) is 4.90 Å². The Morgan fingerprint density at radius 2 is 1.46 bits per heavy atom. The quantitative estimate of drug-likeness (QED) is 0.338. The Morgan fingerprint density at radius 3 is 2.22 bits per heavy atom. The van der Waals surface area contributed by atoms with Crippen LogP contribution in [0.1, 0.15) is 59.4 Å². The molecule has 1 unspecified atom stereocenters. The van der Waals surface area contributed by atoms with Gasteiger partial charge in [0.2, 0.25) is 0 Å². The first-order valence-corrected chi connectivity index (χ1v) is 13.3. The van der Waals surface area contributed by atoms with E-state index < -0.39 is 0 Å². The fourth-order valence-electron chi connectivity index (χ4n) is 6.24. The van der Waals surface area contributed by atoms with Crippen LogP contribution in [0, 0.1) is 0 Å². The maximum Gasteiger partial charge on any atom is 0.119 e. The lowest BCUT2D eigenvalue weighted by Crippen LogP contribution is -2.33. The van der Waals surface area contributed by atoms with Crippen LogP contribution < -0.4 is 14.2 Å². The maximum atomic E-state index is 6.13. The lowest BCUT2D eigenvalue weighted by atomic mass is 9.79. The number of fused-ring (bicyclic) bond motifs is 4. The number of halogens is 1. The van der Waals surface area contributed by atoms with E-state index >= 15 is 0 Å². The SMILES string of the molecule is COc1ccc2c(c1)CCC1=C2C(c2ccc(OCCN3CCCCC3)cc2)c2ccc(OC)cc21.Cl. The van der Waals surface area contributed by atoms with Crippen LogP contribution in [-0.4, -0.2) is 45.4 Å². The van der Waals surface area contributed by atoms with Gasteiger partial charge in [-0.05, 0) is 114 Å². The highest BCUT2D eigenvalue weighted by Crippen LogP contribution is 2.55. The molecule has 5 heteroatoms. The number of nitrogens with zero attached hydrogens (tertiary/aromatic N) is 1. The van der Waals surface area contributed by atoms with E-state index in [1.165, 1.54) is 71.3 Å². The average molecular weight is 518 g/mol. The number of likely N-dealkylation sites (tertiary alicyclic amines) is 1. The molecule has 0 N–H and O–H groups in total. The minimum atomic E-state index is 0. The molecule has 0 spiro atoms. The number of hydrogen-bond donors (Lipinski definition) is 0. The number of piperidine rings is 1. The van der Waals surface area contributed by atoms with Crippen molar-refractivity contribution in [1.29, 1.82) is 0 Å². The second kappa shape index (κ2) is 11.2. The van der Waals surface area contributed by atoms with Crippen molar-refractivity contribution >= 4 is 23.6 Å². The predicted molar refractivity (Wildman–Crippen MR) is 152 cm³/mol. The summed E-state index contributed by atoms with van der Waals surface area (Å²) in [6, 6.07) is 21.9. The molecule has 1 fully saturated rings. The molecule has 1 atom stereocenters. The lowest BCUT2D eigenvalue weighted by Gasteiger charge is -2.26. The second-order valence-electron chi connectivity index (χ2n) is 10.1. The Labute approximate surface area is 226 Å². The Kier molecular flexibility index (Phi) is 7.78. The van der Waals surface area contributed by atoms with Crippen molar-refractivity contribution in [2.75, 3.05) is 40.5 Å². The number of hydrogen-bond acceptors (Lipinski definition) is 4. The first-order valence-electron chi connectivity index (χ1n) is 13.3. The van der Waals surface area contributed by atoms with Crippen LogP contribution in [-0.2, 0) is 6.42 Å². The fraction of sp³-hybridized carbons (Fsp3) is 0.375. The Balaban J connectivity index is 0.00000280. The van der Waals surface area contributed by atoms with Gasteiger partial charge in [0.25, 0.3) is 0 Å². The van der Waals surface area contributed by atoms with Crippen molar-refractivity contribution in [2.24, 2.45) is 0 Å². The summed E-state index contributed by atoms with van der Waals surface area (Å²) in [6.45, 7) is 4.17. The summed E-state index contributed by atoms with van der Waals surface area (Å²) in [7, 11) is 3.49. The van der Waals surface area contributed by atoms with Crippen molar-refractivity contribution in [1.82, 2.24) is 4.90 Å². The molecule has 0 radical (unpaired) electrons. The number of ether oxygens (including phenoxy) is 3. The third-order valence-electron chi connectivity index (χ3n) is 8.10. The number of rotatable bonds is 7. The third-order valence-corrected chi connectivity index (χ3v) is 8.10. The highest BCUT2D eigenvalue weighted by atomic mass is 35.5. The first-order chi connectivity index (χ1) is 17.7. The zero-order chi connectivity index (χ0) is 24.5. The van der Waals surface area contributed by atoms with Gasteiger partial charge in [-0.25, -0.2) is 0 Å². The van der Waals surface area contributed by atoms with E-state index in [4.69, 9.17) is 14.2 Å². The van der Waals surface area contributed by atoms with Crippen LogP contribution in [0.25, 0.3) is 11.1 Å². The number of aryl methyl sites for hydroxylation is 1. The van der Waals surface area contributed by atoms with Crippen LogP contribution in [0.2, 0.25) is 0 Å². The monoisotopic (exact) mass is 517 g/mol. The Bertz CT molecular complexity index is 1280. The van der Waals surface area contributed by atoms with Crippen molar-refractivity contribution in [3.8, 4) is 17.2 Å². The molecule has 3 aliphatic rings. The van der Waals surface area contributed by atoms with Crippen molar-refractivity contribution in [3.63, 3.8) is 0 Å². The normalized spacial score (nSPS) is 18.4. The number of methoxy groups -OCH3 is 2. The van der Waals surface area contributed by atoms with Crippen LogP contribution in [0.4, 0.5) is 0 Å². The van der Waals surface area contributed by atoms with Crippen LogP contribution in [0.3, 0.4) is 0 Å². The summed E-state index contributed by atoms with van der Waals surface area (Å²) >= 11 is 0. The maximum absolute atomic E-state index is 6.13. The summed E-state index contributed by atoms with van der Waals surface area (Å²) in [5.74, 6) is 3.00. The van der Waals surface area contributed by atoms with E-state index in [9.17, 15) is 0 Å². The highest BCUT2D eigenvalue weighted by molar-refractivity contribution is 6.03.